The van der Waals surface area contributed by atoms with E-state index in [-0.39, 0.29) is 25.2 Å². The van der Waals surface area contributed by atoms with Gasteiger partial charge < -0.3 is 19.7 Å². The molecule has 0 saturated heterocycles. The Labute approximate surface area is 130 Å². The summed E-state index contributed by atoms with van der Waals surface area (Å²) in [6.45, 7) is 6.79. The molecular weight excluding hydrogens is 284 g/mol. The fourth-order valence-electron chi connectivity index (χ4n) is 2.23. The molecule has 0 saturated carbocycles. The van der Waals surface area contributed by atoms with Crippen LogP contribution in [0.1, 0.15) is 26.3 Å². The number of nitrogens with one attached hydrogen (secondary N) is 1. The highest BCUT2D eigenvalue weighted by molar-refractivity contribution is 5.83. The van der Waals surface area contributed by atoms with Gasteiger partial charge in [-0.3, -0.25) is 9.59 Å². The minimum Gasteiger partial charge on any atom is -0.454 e. The molecule has 2 rings (SSSR count). The van der Waals surface area contributed by atoms with Crippen molar-refractivity contribution in [1.82, 2.24) is 10.2 Å². The molecule has 1 aliphatic heterocycles. The summed E-state index contributed by atoms with van der Waals surface area (Å²) in [6, 6.07) is 5.55. The molecule has 0 radical (unpaired) electrons. The van der Waals surface area contributed by atoms with E-state index in [4.69, 9.17) is 9.47 Å². The van der Waals surface area contributed by atoms with Crippen molar-refractivity contribution in [3.05, 3.63) is 23.8 Å². The number of rotatable bonds is 6. The number of carbonyl (C=O) groups is 2. The van der Waals surface area contributed by atoms with Crippen LogP contribution in [0.3, 0.4) is 0 Å². The van der Waals surface area contributed by atoms with Crippen molar-refractivity contribution < 1.29 is 19.1 Å². The molecule has 0 fully saturated rings. The maximum Gasteiger partial charge on any atom is 0.239 e. The third-order valence-electron chi connectivity index (χ3n) is 3.29. The molecule has 0 bridgehead atoms. The van der Waals surface area contributed by atoms with Gasteiger partial charge in [-0.2, -0.15) is 0 Å². The van der Waals surface area contributed by atoms with Gasteiger partial charge in [0, 0.05) is 20.0 Å². The van der Waals surface area contributed by atoms with E-state index >= 15 is 0 Å². The summed E-state index contributed by atoms with van der Waals surface area (Å²) in [4.78, 5) is 25.1. The second kappa shape index (κ2) is 7.15. The molecule has 0 atom stereocenters. The number of hydrogen-bond acceptors (Lipinski definition) is 4. The summed E-state index contributed by atoms with van der Waals surface area (Å²) in [7, 11) is 0. The Morgan fingerprint density at radius 1 is 1.27 bits per heavy atom. The Morgan fingerprint density at radius 3 is 2.68 bits per heavy atom. The van der Waals surface area contributed by atoms with Gasteiger partial charge in [-0.25, -0.2) is 0 Å². The average Bonchev–Trinajstić information content (AvgIpc) is 2.91. The van der Waals surface area contributed by atoms with E-state index in [0.29, 0.717) is 24.8 Å². The van der Waals surface area contributed by atoms with Crippen LogP contribution >= 0.6 is 0 Å². The molecule has 1 aromatic carbocycles. The number of carbonyl (C=O) groups excluding carboxylic acids is 2. The van der Waals surface area contributed by atoms with Gasteiger partial charge in [-0.1, -0.05) is 19.9 Å². The SMILES string of the molecule is CC(=O)N(CC(=O)NCc1ccc2c(c1)OCO2)CC(C)C. The van der Waals surface area contributed by atoms with E-state index in [0.717, 1.165) is 11.3 Å². The van der Waals surface area contributed by atoms with E-state index in [1.807, 2.05) is 32.0 Å². The van der Waals surface area contributed by atoms with Crippen molar-refractivity contribution >= 4 is 11.8 Å². The van der Waals surface area contributed by atoms with Crippen LogP contribution in [0.2, 0.25) is 0 Å². The third kappa shape index (κ3) is 4.38. The molecule has 0 unspecified atom stereocenters. The number of benzene rings is 1. The number of nitrogens with zero attached hydrogens (tertiary/aromatic N) is 1. The fourth-order valence-corrected chi connectivity index (χ4v) is 2.23. The van der Waals surface area contributed by atoms with Crippen molar-refractivity contribution in [3.63, 3.8) is 0 Å². The van der Waals surface area contributed by atoms with Gasteiger partial charge >= 0.3 is 0 Å². The highest BCUT2D eigenvalue weighted by Gasteiger charge is 2.16. The predicted molar refractivity (Wildman–Crippen MR) is 81.5 cm³/mol. The van der Waals surface area contributed by atoms with Crippen LogP contribution in [0.25, 0.3) is 0 Å². The first kappa shape index (κ1) is 16.1. The topological polar surface area (TPSA) is 67.9 Å². The standard InChI is InChI=1S/C16H22N2O4/c1-11(2)8-18(12(3)19)9-16(20)17-7-13-4-5-14-15(6-13)22-10-21-14/h4-6,11H,7-10H2,1-3H3,(H,17,20). The highest BCUT2D eigenvalue weighted by atomic mass is 16.7. The lowest BCUT2D eigenvalue weighted by atomic mass is 10.2. The molecule has 1 N–H and O–H groups in total. The van der Waals surface area contributed by atoms with Crippen LogP contribution in [0.4, 0.5) is 0 Å². The first-order valence-corrected chi connectivity index (χ1v) is 7.36. The van der Waals surface area contributed by atoms with Gasteiger partial charge in [-0.05, 0) is 23.6 Å². The number of fused-ring (bicyclic) bond motifs is 1. The summed E-state index contributed by atoms with van der Waals surface area (Å²) in [5.41, 5.74) is 0.927. The van der Waals surface area contributed by atoms with Crippen molar-refractivity contribution in [1.29, 1.82) is 0 Å². The van der Waals surface area contributed by atoms with Crippen LogP contribution < -0.4 is 14.8 Å². The first-order valence-electron chi connectivity index (χ1n) is 7.36. The van der Waals surface area contributed by atoms with Crippen molar-refractivity contribution in [2.24, 2.45) is 5.92 Å². The average molecular weight is 306 g/mol. The molecule has 6 heteroatoms. The molecule has 0 spiro atoms. The maximum absolute atomic E-state index is 12.0. The Balaban J connectivity index is 1.85. The van der Waals surface area contributed by atoms with Crippen LogP contribution in [0, 0.1) is 5.92 Å². The Morgan fingerprint density at radius 2 is 2.00 bits per heavy atom. The molecule has 22 heavy (non-hydrogen) atoms. The van der Waals surface area contributed by atoms with E-state index in [1.165, 1.54) is 6.92 Å². The van der Waals surface area contributed by atoms with Gasteiger partial charge in [-0.15, -0.1) is 0 Å². The second-order valence-electron chi connectivity index (χ2n) is 5.76. The zero-order valence-electron chi connectivity index (χ0n) is 13.2. The molecule has 1 aromatic rings. The van der Waals surface area contributed by atoms with Crippen LogP contribution in [0.15, 0.2) is 18.2 Å². The monoisotopic (exact) mass is 306 g/mol. The van der Waals surface area contributed by atoms with Gasteiger partial charge in [0.25, 0.3) is 0 Å². The number of amides is 2. The van der Waals surface area contributed by atoms with Gasteiger partial charge in [0.05, 0.1) is 6.54 Å². The number of hydrogen-bond donors (Lipinski definition) is 1. The van der Waals surface area contributed by atoms with Gasteiger partial charge in [0.2, 0.25) is 18.6 Å². The molecule has 0 aromatic heterocycles. The van der Waals surface area contributed by atoms with E-state index in [9.17, 15) is 9.59 Å². The molecule has 1 heterocycles. The smallest absolute Gasteiger partial charge is 0.239 e. The molecule has 2 amide bonds. The fraction of sp³-hybridized carbons (Fsp3) is 0.500. The predicted octanol–water partition coefficient (Wildman–Crippen LogP) is 1.54. The lowest BCUT2D eigenvalue weighted by Gasteiger charge is -2.22. The largest absolute Gasteiger partial charge is 0.454 e. The summed E-state index contributed by atoms with van der Waals surface area (Å²) in [5, 5.41) is 2.82. The molecule has 0 aliphatic carbocycles. The second-order valence-corrected chi connectivity index (χ2v) is 5.76. The quantitative estimate of drug-likeness (QED) is 0.865. The molecule has 6 nitrogen and oxygen atoms in total. The van der Waals surface area contributed by atoms with Gasteiger partial charge in [0.15, 0.2) is 11.5 Å². The molecule has 1 aliphatic rings. The van der Waals surface area contributed by atoms with Crippen LogP contribution in [-0.2, 0) is 16.1 Å². The molecular formula is C16H22N2O4. The van der Waals surface area contributed by atoms with Crippen LogP contribution in [0.5, 0.6) is 11.5 Å². The summed E-state index contributed by atoms with van der Waals surface area (Å²) in [6.07, 6.45) is 0. The first-order chi connectivity index (χ1) is 10.5. The van der Waals surface area contributed by atoms with Crippen molar-refractivity contribution in [2.75, 3.05) is 19.9 Å². The van der Waals surface area contributed by atoms with E-state index in [1.54, 1.807) is 4.90 Å². The summed E-state index contributed by atoms with van der Waals surface area (Å²) < 4.78 is 10.5. The lowest BCUT2D eigenvalue weighted by Crippen LogP contribution is -2.41. The minimum atomic E-state index is -0.173. The zero-order chi connectivity index (χ0) is 16.1. The van der Waals surface area contributed by atoms with Crippen molar-refractivity contribution in [2.45, 2.75) is 27.3 Å². The third-order valence-corrected chi connectivity index (χ3v) is 3.29. The lowest BCUT2D eigenvalue weighted by molar-refractivity contribution is -0.134. The number of ether oxygens (including phenoxy) is 2. The summed E-state index contributed by atoms with van der Waals surface area (Å²) in [5.74, 6) is 1.47. The Bertz CT molecular complexity index is 557. The minimum absolute atomic E-state index is 0.0814. The van der Waals surface area contributed by atoms with E-state index in [2.05, 4.69) is 5.32 Å². The summed E-state index contributed by atoms with van der Waals surface area (Å²) >= 11 is 0. The zero-order valence-corrected chi connectivity index (χ0v) is 13.2. The highest BCUT2D eigenvalue weighted by Crippen LogP contribution is 2.32. The normalized spacial score (nSPS) is 12.4. The maximum atomic E-state index is 12.0. The van der Waals surface area contributed by atoms with Gasteiger partial charge in [0.1, 0.15) is 0 Å². The Kier molecular flexibility index (Phi) is 5.25. The Hall–Kier alpha value is -2.24. The van der Waals surface area contributed by atoms with E-state index < -0.39 is 0 Å². The van der Waals surface area contributed by atoms with Crippen molar-refractivity contribution in [3.8, 4) is 11.5 Å². The van der Waals surface area contributed by atoms with Crippen LogP contribution in [-0.4, -0.2) is 36.6 Å². The molecule has 120 valence electrons.